The van der Waals surface area contributed by atoms with Gasteiger partial charge in [0.25, 0.3) is 0 Å². The van der Waals surface area contributed by atoms with Crippen LogP contribution in [0.4, 0.5) is 11.6 Å². The third-order valence-electron chi connectivity index (χ3n) is 3.19. The Hall–Kier alpha value is -1.36. The number of rotatable bonds is 7. The van der Waals surface area contributed by atoms with E-state index < -0.39 is 0 Å². The third kappa shape index (κ3) is 4.35. The topological polar surface area (TPSA) is 58.3 Å². The second kappa shape index (κ2) is 7.28. The molecule has 0 aromatic carbocycles. The molecule has 0 bridgehead atoms. The minimum Gasteiger partial charge on any atom is -0.383 e. The van der Waals surface area contributed by atoms with Crippen molar-refractivity contribution in [2.24, 2.45) is 0 Å². The standard InChI is InChI=1S/C14H27N5/c1-6-19(9-7-8-18(4)5)14-12(11(2)3)13(15)16-10-17-14/h10-11H,6-9H2,1-5H3,(H2,15,16,17). The predicted octanol–water partition coefficient (Wildman–Crippen LogP) is 1.96. The van der Waals surface area contributed by atoms with Crippen LogP contribution in [0, 0.1) is 0 Å². The van der Waals surface area contributed by atoms with Crippen LogP contribution in [0.1, 0.15) is 38.7 Å². The normalized spacial score (nSPS) is 11.3. The van der Waals surface area contributed by atoms with Crippen LogP contribution in [-0.2, 0) is 0 Å². The summed E-state index contributed by atoms with van der Waals surface area (Å²) in [6, 6.07) is 0. The van der Waals surface area contributed by atoms with E-state index in [0.717, 1.165) is 37.4 Å². The van der Waals surface area contributed by atoms with Gasteiger partial charge >= 0.3 is 0 Å². The minimum atomic E-state index is 0.332. The van der Waals surface area contributed by atoms with Gasteiger partial charge in [-0.1, -0.05) is 13.8 Å². The Balaban J connectivity index is 2.89. The summed E-state index contributed by atoms with van der Waals surface area (Å²) in [5, 5.41) is 0. The second-order valence-electron chi connectivity index (χ2n) is 5.39. The molecule has 5 heteroatoms. The zero-order valence-corrected chi connectivity index (χ0v) is 12.8. The number of hydrogen-bond acceptors (Lipinski definition) is 5. The van der Waals surface area contributed by atoms with Crippen LogP contribution in [0.5, 0.6) is 0 Å². The molecule has 0 fully saturated rings. The largest absolute Gasteiger partial charge is 0.383 e. The van der Waals surface area contributed by atoms with Crippen LogP contribution < -0.4 is 10.6 Å². The average Bonchev–Trinajstić information content (AvgIpc) is 2.33. The average molecular weight is 265 g/mol. The van der Waals surface area contributed by atoms with Crippen molar-refractivity contribution in [1.82, 2.24) is 14.9 Å². The fraction of sp³-hybridized carbons (Fsp3) is 0.714. The van der Waals surface area contributed by atoms with Crippen molar-refractivity contribution in [1.29, 1.82) is 0 Å². The molecule has 1 rings (SSSR count). The van der Waals surface area contributed by atoms with Crippen LogP contribution >= 0.6 is 0 Å². The first-order valence-corrected chi connectivity index (χ1v) is 6.97. The molecule has 0 saturated heterocycles. The van der Waals surface area contributed by atoms with Crippen molar-refractivity contribution in [3.8, 4) is 0 Å². The van der Waals surface area contributed by atoms with E-state index >= 15 is 0 Å². The fourth-order valence-electron chi connectivity index (χ4n) is 2.20. The smallest absolute Gasteiger partial charge is 0.137 e. The number of nitrogens with zero attached hydrogens (tertiary/aromatic N) is 4. The number of hydrogen-bond donors (Lipinski definition) is 1. The van der Waals surface area contributed by atoms with E-state index in [1.54, 1.807) is 6.33 Å². The molecule has 0 unspecified atom stereocenters. The maximum atomic E-state index is 6.01. The second-order valence-corrected chi connectivity index (χ2v) is 5.39. The van der Waals surface area contributed by atoms with Crippen LogP contribution in [0.25, 0.3) is 0 Å². The van der Waals surface area contributed by atoms with Crippen molar-refractivity contribution in [3.63, 3.8) is 0 Å². The lowest BCUT2D eigenvalue weighted by Gasteiger charge is -2.26. The van der Waals surface area contributed by atoms with Gasteiger partial charge in [-0.25, -0.2) is 9.97 Å². The fourth-order valence-corrected chi connectivity index (χ4v) is 2.20. The lowest BCUT2D eigenvalue weighted by atomic mass is 10.0. The molecule has 1 aromatic heterocycles. The quantitative estimate of drug-likeness (QED) is 0.816. The summed E-state index contributed by atoms with van der Waals surface area (Å²) in [6.45, 7) is 9.42. The summed E-state index contributed by atoms with van der Waals surface area (Å²) >= 11 is 0. The number of anilines is 2. The van der Waals surface area contributed by atoms with Crippen LogP contribution in [0.2, 0.25) is 0 Å². The van der Waals surface area contributed by atoms with E-state index in [9.17, 15) is 0 Å². The summed E-state index contributed by atoms with van der Waals surface area (Å²) in [5.74, 6) is 1.92. The Morgan fingerprint density at radius 1 is 1.21 bits per heavy atom. The first kappa shape index (κ1) is 15.7. The SMILES string of the molecule is CCN(CCCN(C)C)c1ncnc(N)c1C(C)C. The molecule has 0 saturated carbocycles. The van der Waals surface area contributed by atoms with Crippen molar-refractivity contribution in [2.45, 2.75) is 33.1 Å². The van der Waals surface area contributed by atoms with E-state index in [0.29, 0.717) is 11.7 Å². The Labute approximate surface area is 116 Å². The van der Waals surface area contributed by atoms with Gasteiger partial charge in [0, 0.05) is 18.7 Å². The number of aromatic nitrogens is 2. The van der Waals surface area contributed by atoms with E-state index in [2.05, 4.69) is 54.6 Å². The van der Waals surface area contributed by atoms with Gasteiger partial charge in [0.1, 0.15) is 18.0 Å². The molecule has 5 nitrogen and oxygen atoms in total. The lowest BCUT2D eigenvalue weighted by molar-refractivity contribution is 0.400. The molecule has 1 aromatic rings. The summed E-state index contributed by atoms with van der Waals surface area (Å²) < 4.78 is 0. The van der Waals surface area contributed by atoms with Gasteiger partial charge in [-0.05, 0) is 39.9 Å². The maximum absolute atomic E-state index is 6.01. The van der Waals surface area contributed by atoms with Gasteiger partial charge in [0.2, 0.25) is 0 Å². The van der Waals surface area contributed by atoms with Crippen molar-refractivity contribution in [3.05, 3.63) is 11.9 Å². The number of nitrogen functional groups attached to an aromatic ring is 1. The molecule has 0 amide bonds. The summed E-state index contributed by atoms with van der Waals surface area (Å²) in [7, 11) is 4.19. The molecule has 0 atom stereocenters. The lowest BCUT2D eigenvalue weighted by Crippen LogP contribution is -2.29. The molecule has 0 aliphatic rings. The van der Waals surface area contributed by atoms with Gasteiger partial charge < -0.3 is 15.5 Å². The summed E-state index contributed by atoms with van der Waals surface area (Å²) in [5.41, 5.74) is 7.07. The zero-order valence-electron chi connectivity index (χ0n) is 12.8. The first-order chi connectivity index (χ1) is 8.97. The van der Waals surface area contributed by atoms with E-state index in [1.807, 2.05) is 0 Å². The molecule has 0 aliphatic heterocycles. The predicted molar refractivity (Wildman–Crippen MR) is 81.6 cm³/mol. The Kier molecular flexibility index (Phi) is 6.02. The molecule has 0 aliphatic carbocycles. The highest BCUT2D eigenvalue weighted by molar-refractivity contribution is 5.58. The molecule has 1 heterocycles. The molecule has 2 N–H and O–H groups in total. The van der Waals surface area contributed by atoms with Crippen LogP contribution in [0.15, 0.2) is 6.33 Å². The highest BCUT2D eigenvalue weighted by Gasteiger charge is 2.17. The van der Waals surface area contributed by atoms with Crippen molar-refractivity contribution < 1.29 is 0 Å². The maximum Gasteiger partial charge on any atom is 0.137 e. The molecular formula is C14H27N5. The molecule has 108 valence electrons. The van der Waals surface area contributed by atoms with Gasteiger partial charge in [0.15, 0.2) is 0 Å². The Morgan fingerprint density at radius 3 is 2.42 bits per heavy atom. The van der Waals surface area contributed by atoms with Gasteiger partial charge in [-0.2, -0.15) is 0 Å². The van der Waals surface area contributed by atoms with Crippen LogP contribution in [0.3, 0.4) is 0 Å². The molecule has 0 spiro atoms. The Bertz CT molecular complexity index is 389. The highest BCUT2D eigenvalue weighted by Crippen LogP contribution is 2.28. The summed E-state index contributed by atoms with van der Waals surface area (Å²) in [4.78, 5) is 13.1. The molecule has 19 heavy (non-hydrogen) atoms. The van der Waals surface area contributed by atoms with E-state index in [4.69, 9.17) is 5.73 Å². The van der Waals surface area contributed by atoms with Gasteiger partial charge in [-0.3, -0.25) is 0 Å². The number of nitrogens with two attached hydrogens (primary N) is 1. The van der Waals surface area contributed by atoms with Crippen molar-refractivity contribution in [2.75, 3.05) is 44.4 Å². The van der Waals surface area contributed by atoms with Gasteiger partial charge in [0.05, 0.1) is 0 Å². The molecular weight excluding hydrogens is 238 g/mol. The van der Waals surface area contributed by atoms with E-state index in [-0.39, 0.29) is 0 Å². The highest BCUT2D eigenvalue weighted by atomic mass is 15.2. The summed E-state index contributed by atoms with van der Waals surface area (Å²) in [6.07, 6.45) is 2.67. The minimum absolute atomic E-state index is 0.332. The molecule has 0 radical (unpaired) electrons. The Morgan fingerprint density at radius 2 is 1.89 bits per heavy atom. The van der Waals surface area contributed by atoms with Crippen LogP contribution in [-0.4, -0.2) is 48.6 Å². The third-order valence-corrected chi connectivity index (χ3v) is 3.19. The zero-order chi connectivity index (χ0) is 14.4. The van der Waals surface area contributed by atoms with E-state index in [1.165, 1.54) is 0 Å². The van der Waals surface area contributed by atoms with Crippen molar-refractivity contribution >= 4 is 11.6 Å². The first-order valence-electron chi connectivity index (χ1n) is 6.97. The van der Waals surface area contributed by atoms with Gasteiger partial charge in [-0.15, -0.1) is 0 Å². The monoisotopic (exact) mass is 265 g/mol.